The molecular formula is C24H27ClN2O. The van der Waals surface area contributed by atoms with Gasteiger partial charge in [-0.1, -0.05) is 74.0 Å². The zero-order valence-electron chi connectivity index (χ0n) is 16.3. The molecule has 1 amide bonds. The molecule has 3 nitrogen and oxygen atoms in total. The Morgan fingerprint density at radius 3 is 2.36 bits per heavy atom. The van der Waals surface area contributed by atoms with Crippen LogP contribution < -0.4 is 0 Å². The lowest BCUT2D eigenvalue weighted by Crippen LogP contribution is -2.34. The summed E-state index contributed by atoms with van der Waals surface area (Å²) in [6.07, 6.45) is 4.07. The van der Waals surface area contributed by atoms with Gasteiger partial charge in [-0.05, 0) is 29.7 Å². The number of benzene rings is 2. The third-order valence-electron chi connectivity index (χ3n) is 4.87. The second kappa shape index (κ2) is 10.1. The van der Waals surface area contributed by atoms with Crippen LogP contribution in [0.25, 0.3) is 0 Å². The van der Waals surface area contributed by atoms with Gasteiger partial charge in [0.1, 0.15) is 5.38 Å². The first-order chi connectivity index (χ1) is 13.7. The van der Waals surface area contributed by atoms with Crippen molar-refractivity contribution in [3.63, 3.8) is 0 Å². The number of carbonyl (C=O) groups excluding carboxylic acids is 1. The molecule has 0 fully saturated rings. The van der Waals surface area contributed by atoms with Gasteiger partial charge in [0, 0.05) is 25.0 Å². The summed E-state index contributed by atoms with van der Waals surface area (Å²) in [5, 5.41) is -0.657. The van der Waals surface area contributed by atoms with Crippen molar-refractivity contribution in [2.24, 2.45) is 0 Å². The number of carbonyl (C=O) groups is 1. The molecule has 0 radical (unpaired) electrons. The number of hydrogen-bond donors (Lipinski definition) is 0. The van der Waals surface area contributed by atoms with E-state index in [4.69, 9.17) is 11.6 Å². The van der Waals surface area contributed by atoms with Gasteiger partial charge in [0.05, 0.1) is 6.54 Å². The predicted molar refractivity (Wildman–Crippen MR) is 115 cm³/mol. The molecule has 0 N–H and O–H groups in total. The molecule has 0 aliphatic heterocycles. The van der Waals surface area contributed by atoms with Crippen LogP contribution in [-0.2, 0) is 17.9 Å². The van der Waals surface area contributed by atoms with Gasteiger partial charge in [-0.15, -0.1) is 11.6 Å². The second-order valence-electron chi connectivity index (χ2n) is 7.00. The van der Waals surface area contributed by atoms with Crippen LogP contribution in [0, 0.1) is 0 Å². The van der Waals surface area contributed by atoms with E-state index in [0.717, 1.165) is 30.6 Å². The van der Waals surface area contributed by atoms with Crippen molar-refractivity contribution in [1.29, 1.82) is 0 Å². The number of unbranched alkanes of at least 4 members (excludes halogenated alkanes) is 1. The zero-order valence-corrected chi connectivity index (χ0v) is 17.1. The summed E-state index contributed by atoms with van der Waals surface area (Å²) in [6, 6.07) is 24.1. The third kappa shape index (κ3) is 5.26. The Labute approximate surface area is 172 Å². The highest BCUT2D eigenvalue weighted by molar-refractivity contribution is 6.30. The number of alkyl halides is 1. The Morgan fingerprint density at radius 2 is 1.68 bits per heavy atom. The maximum Gasteiger partial charge on any atom is 0.245 e. The van der Waals surface area contributed by atoms with Crippen molar-refractivity contribution in [2.45, 2.75) is 38.2 Å². The molecule has 1 heterocycles. The van der Waals surface area contributed by atoms with Crippen LogP contribution >= 0.6 is 11.6 Å². The molecule has 146 valence electrons. The number of nitrogens with zero attached hydrogens (tertiary/aromatic N) is 2. The minimum Gasteiger partial charge on any atom is -0.345 e. The Balaban J connectivity index is 1.76. The van der Waals surface area contributed by atoms with Crippen LogP contribution in [0.3, 0.4) is 0 Å². The van der Waals surface area contributed by atoms with Gasteiger partial charge in [0.25, 0.3) is 0 Å². The molecule has 0 bridgehead atoms. The summed E-state index contributed by atoms with van der Waals surface area (Å²) in [4.78, 5) is 15.0. The molecular weight excluding hydrogens is 368 g/mol. The van der Waals surface area contributed by atoms with Crippen molar-refractivity contribution in [3.8, 4) is 0 Å². The lowest BCUT2D eigenvalue weighted by molar-refractivity contribution is -0.131. The minimum absolute atomic E-state index is 0.0335. The number of rotatable bonds is 9. The molecule has 0 saturated carbocycles. The Morgan fingerprint density at radius 1 is 1.00 bits per heavy atom. The highest BCUT2D eigenvalue weighted by Crippen LogP contribution is 2.24. The summed E-state index contributed by atoms with van der Waals surface area (Å²) in [5.74, 6) is -0.0335. The summed E-state index contributed by atoms with van der Waals surface area (Å²) in [5.41, 5.74) is 3.20. The molecule has 0 aliphatic carbocycles. The van der Waals surface area contributed by atoms with Gasteiger partial charge in [-0.2, -0.15) is 0 Å². The quantitative estimate of drug-likeness (QED) is 0.431. The third-order valence-corrected chi connectivity index (χ3v) is 5.31. The van der Waals surface area contributed by atoms with Crippen molar-refractivity contribution in [2.75, 3.05) is 6.54 Å². The lowest BCUT2D eigenvalue weighted by atomic mass is 10.1. The number of amides is 1. The fourth-order valence-corrected chi connectivity index (χ4v) is 3.55. The summed E-state index contributed by atoms with van der Waals surface area (Å²) in [6.45, 7) is 4.20. The summed E-state index contributed by atoms with van der Waals surface area (Å²) >= 11 is 6.54. The highest BCUT2D eigenvalue weighted by atomic mass is 35.5. The molecule has 0 spiro atoms. The topological polar surface area (TPSA) is 25.2 Å². The van der Waals surface area contributed by atoms with Crippen LogP contribution in [0.2, 0.25) is 0 Å². The maximum absolute atomic E-state index is 13.1. The molecule has 0 saturated heterocycles. The van der Waals surface area contributed by atoms with Crippen LogP contribution in [0.5, 0.6) is 0 Å². The molecule has 2 aromatic carbocycles. The fraction of sp³-hybridized carbons (Fsp3) is 0.292. The van der Waals surface area contributed by atoms with Gasteiger partial charge in [0.15, 0.2) is 0 Å². The normalized spacial score (nSPS) is 11.9. The first-order valence-corrected chi connectivity index (χ1v) is 10.3. The first kappa shape index (κ1) is 20.2. The summed E-state index contributed by atoms with van der Waals surface area (Å²) < 4.78 is 2.20. The van der Waals surface area contributed by atoms with Crippen molar-refractivity contribution < 1.29 is 4.79 Å². The first-order valence-electron chi connectivity index (χ1n) is 9.84. The second-order valence-corrected chi connectivity index (χ2v) is 7.44. The number of halogens is 1. The van der Waals surface area contributed by atoms with Gasteiger partial charge in [-0.25, -0.2) is 0 Å². The van der Waals surface area contributed by atoms with E-state index in [9.17, 15) is 4.79 Å². The maximum atomic E-state index is 13.1. The molecule has 4 heteroatoms. The largest absolute Gasteiger partial charge is 0.345 e. The molecule has 0 aliphatic rings. The number of hydrogen-bond acceptors (Lipinski definition) is 1. The van der Waals surface area contributed by atoms with Crippen LogP contribution in [0.4, 0.5) is 0 Å². The van der Waals surface area contributed by atoms with Crippen LogP contribution in [-0.4, -0.2) is 21.9 Å². The van der Waals surface area contributed by atoms with E-state index in [-0.39, 0.29) is 5.91 Å². The number of aromatic nitrogens is 1. The smallest absolute Gasteiger partial charge is 0.245 e. The summed E-state index contributed by atoms with van der Waals surface area (Å²) in [7, 11) is 0. The minimum atomic E-state index is -0.657. The lowest BCUT2D eigenvalue weighted by Gasteiger charge is -2.26. The molecule has 1 aromatic heterocycles. The van der Waals surface area contributed by atoms with Crippen LogP contribution in [0.1, 0.15) is 42.0 Å². The monoisotopic (exact) mass is 394 g/mol. The van der Waals surface area contributed by atoms with E-state index in [0.29, 0.717) is 13.1 Å². The molecule has 28 heavy (non-hydrogen) atoms. The molecule has 3 rings (SSSR count). The van der Waals surface area contributed by atoms with Crippen molar-refractivity contribution >= 4 is 17.5 Å². The fourth-order valence-electron chi connectivity index (χ4n) is 3.26. The Bertz CT molecular complexity index is 861. The van der Waals surface area contributed by atoms with E-state index < -0.39 is 5.38 Å². The van der Waals surface area contributed by atoms with Gasteiger partial charge < -0.3 is 9.47 Å². The average molecular weight is 395 g/mol. The average Bonchev–Trinajstić information content (AvgIpc) is 3.18. The highest BCUT2D eigenvalue weighted by Gasteiger charge is 2.24. The van der Waals surface area contributed by atoms with Gasteiger partial charge in [0.2, 0.25) is 5.91 Å². The van der Waals surface area contributed by atoms with E-state index >= 15 is 0 Å². The van der Waals surface area contributed by atoms with Gasteiger partial charge in [-0.3, -0.25) is 4.79 Å². The van der Waals surface area contributed by atoms with E-state index in [2.05, 4.69) is 35.9 Å². The van der Waals surface area contributed by atoms with E-state index in [1.54, 1.807) is 0 Å². The molecule has 3 aromatic rings. The van der Waals surface area contributed by atoms with Crippen LogP contribution in [0.15, 0.2) is 79.0 Å². The Hall–Kier alpha value is -2.52. The van der Waals surface area contributed by atoms with Gasteiger partial charge >= 0.3 is 0 Å². The standard InChI is InChI=1S/C24H27ClN2O/c1-2-3-16-27(24(28)23(25)21-13-8-5-9-14-21)19-22-15-10-17-26(22)18-20-11-6-4-7-12-20/h4-15,17,23H,2-3,16,18-19H2,1H3/t23-/m0/s1. The van der Waals surface area contributed by atoms with Crippen molar-refractivity contribution in [3.05, 3.63) is 95.8 Å². The predicted octanol–water partition coefficient (Wildman–Crippen LogP) is 5.65. The van der Waals surface area contributed by atoms with E-state index in [1.807, 2.05) is 59.5 Å². The molecule has 1 atom stereocenters. The van der Waals surface area contributed by atoms with E-state index in [1.165, 1.54) is 5.56 Å². The van der Waals surface area contributed by atoms with Crippen molar-refractivity contribution in [1.82, 2.24) is 9.47 Å². The Kier molecular flexibility index (Phi) is 7.32. The molecule has 0 unspecified atom stereocenters. The zero-order chi connectivity index (χ0) is 19.8. The SMILES string of the molecule is CCCCN(Cc1cccn1Cc1ccccc1)C(=O)[C@@H](Cl)c1ccccc1.